The van der Waals surface area contributed by atoms with Crippen LogP contribution in [0.25, 0.3) is 11.3 Å². The summed E-state index contributed by atoms with van der Waals surface area (Å²) in [5.74, 6) is 0.745. The Bertz CT molecular complexity index is 479. The molecule has 2 heterocycles. The highest BCUT2D eigenvalue weighted by atomic mass is 79.9. The monoisotopic (exact) mass is 266 g/mol. The van der Waals surface area contributed by atoms with Crippen LogP contribution in [0, 0.1) is 0 Å². The Hall–Kier alpha value is -1.29. The van der Waals surface area contributed by atoms with Crippen molar-refractivity contribution >= 4 is 15.9 Å². The molecule has 0 aliphatic rings. The van der Waals surface area contributed by atoms with Gasteiger partial charge in [0.05, 0.1) is 12.8 Å². The van der Waals surface area contributed by atoms with Crippen molar-refractivity contribution in [1.29, 1.82) is 0 Å². The quantitative estimate of drug-likeness (QED) is 0.782. The standard InChI is InChI=1S/C11H11BrN2O/c1-14-6-5-8(7-14)9-3-4-10(15-2)11(12)13-9/h3-7H,1-2H3. The molecule has 0 atom stereocenters. The van der Waals surface area contributed by atoms with Crippen molar-refractivity contribution in [2.45, 2.75) is 0 Å². The molecule has 0 aromatic carbocycles. The van der Waals surface area contributed by atoms with Crippen molar-refractivity contribution in [2.24, 2.45) is 7.05 Å². The number of nitrogens with zero attached hydrogens (tertiary/aromatic N) is 2. The Balaban J connectivity index is 2.42. The number of pyridine rings is 1. The van der Waals surface area contributed by atoms with Crippen molar-refractivity contribution in [3.63, 3.8) is 0 Å². The molecule has 0 amide bonds. The summed E-state index contributed by atoms with van der Waals surface area (Å²) in [6.07, 6.45) is 4.02. The fourth-order valence-corrected chi connectivity index (χ4v) is 1.87. The third-order valence-corrected chi connectivity index (χ3v) is 2.73. The fraction of sp³-hybridized carbons (Fsp3) is 0.182. The maximum Gasteiger partial charge on any atom is 0.151 e. The normalized spacial score (nSPS) is 10.3. The van der Waals surface area contributed by atoms with Gasteiger partial charge in [-0.1, -0.05) is 0 Å². The van der Waals surface area contributed by atoms with Crippen molar-refractivity contribution in [3.8, 4) is 17.0 Å². The molecule has 78 valence electrons. The molecule has 0 unspecified atom stereocenters. The Morgan fingerprint density at radius 3 is 2.67 bits per heavy atom. The van der Waals surface area contributed by atoms with Gasteiger partial charge in [-0.3, -0.25) is 0 Å². The molecule has 0 aliphatic carbocycles. The summed E-state index contributed by atoms with van der Waals surface area (Å²) in [5, 5.41) is 0. The fourth-order valence-electron chi connectivity index (χ4n) is 1.39. The van der Waals surface area contributed by atoms with E-state index in [0.29, 0.717) is 0 Å². The van der Waals surface area contributed by atoms with Crippen molar-refractivity contribution < 1.29 is 4.74 Å². The van der Waals surface area contributed by atoms with Crippen LogP contribution < -0.4 is 4.74 Å². The molecule has 2 aromatic heterocycles. The van der Waals surface area contributed by atoms with Crippen LogP contribution in [0.3, 0.4) is 0 Å². The molecule has 3 nitrogen and oxygen atoms in total. The smallest absolute Gasteiger partial charge is 0.151 e. The van der Waals surface area contributed by atoms with Crippen molar-refractivity contribution in [3.05, 3.63) is 35.2 Å². The Morgan fingerprint density at radius 1 is 1.33 bits per heavy atom. The van der Waals surface area contributed by atoms with Crippen LogP contribution in [-0.2, 0) is 7.05 Å². The van der Waals surface area contributed by atoms with Crippen LogP contribution in [0.5, 0.6) is 5.75 Å². The van der Waals surface area contributed by atoms with E-state index in [0.717, 1.165) is 21.6 Å². The zero-order valence-corrected chi connectivity index (χ0v) is 10.2. The number of hydrogen-bond acceptors (Lipinski definition) is 2. The highest BCUT2D eigenvalue weighted by Gasteiger charge is 2.05. The minimum atomic E-state index is 0.728. The van der Waals surface area contributed by atoms with Gasteiger partial charge in [-0.25, -0.2) is 4.98 Å². The second-order valence-electron chi connectivity index (χ2n) is 3.26. The van der Waals surface area contributed by atoms with E-state index in [2.05, 4.69) is 20.9 Å². The van der Waals surface area contributed by atoms with E-state index in [4.69, 9.17) is 4.74 Å². The molecule has 0 spiro atoms. The molecule has 4 heteroatoms. The van der Waals surface area contributed by atoms with E-state index in [1.165, 1.54) is 0 Å². The predicted octanol–water partition coefficient (Wildman–Crippen LogP) is 2.86. The van der Waals surface area contributed by atoms with Crippen LogP contribution in [0.2, 0.25) is 0 Å². The number of rotatable bonds is 2. The average molecular weight is 267 g/mol. The van der Waals surface area contributed by atoms with E-state index in [9.17, 15) is 0 Å². The molecule has 0 saturated carbocycles. The number of ether oxygens (including phenoxy) is 1. The molecular formula is C11H11BrN2O. The van der Waals surface area contributed by atoms with Gasteiger partial charge in [0.2, 0.25) is 0 Å². The Morgan fingerprint density at radius 2 is 2.13 bits per heavy atom. The summed E-state index contributed by atoms with van der Waals surface area (Å²) in [4.78, 5) is 4.41. The number of hydrogen-bond donors (Lipinski definition) is 0. The van der Waals surface area contributed by atoms with Gasteiger partial charge in [0, 0.05) is 25.0 Å². The van der Waals surface area contributed by atoms with Crippen molar-refractivity contribution in [1.82, 2.24) is 9.55 Å². The first-order valence-electron chi connectivity index (χ1n) is 4.53. The second kappa shape index (κ2) is 4.06. The van der Waals surface area contributed by atoms with Crippen LogP contribution in [0.15, 0.2) is 35.2 Å². The van der Waals surface area contributed by atoms with Gasteiger partial charge in [0.1, 0.15) is 4.60 Å². The maximum atomic E-state index is 5.13. The van der Waals surface area contributed by atoms with Crippen LogP contribution in [0.1, 0.15) is 0 Å². The average Bonchev–Trinajstić information content (AvgIpc) is 2.65. The number of aromatic nitrogens is 2. The van der Waals surface area contributed by atoms with Gasteiger partial charge in [0.25, 0.3) is 0 Å². The minimum absolute atomic E-state index is 0.728. The summed E-state index contributed by atoms with van der Waals surface area (Å²) in [6.45, 7) is 0. The lowest BCUT2D eigenvalue weighted by molar-refractivity contribution is 0.410. The summed E-state index contributed by atoms with van der Waals surface area (Å²) in [7, 11) is 3.62. The van der Waals surface area contributed by atoms with Gasteiger partial charge in [0.15, 0.2) is 5.75 Å². The van der Waals surface area contributed by atoms with Gasteiger partial charge in [-0.15, -0.1) is 0 Å². The Labute approximate surface area is 96.8 Å². The van der Waals surface area contributed by atoms with Crippen LogP contribution >= 0.6 is 15.9 Å². The largest absolute Gasteiger partial charge is 0.494 e. The molecule has 0 radical (unpaired) electrons. The van der Waals surface area contributed by atoms with E-state index in [-0.39, 0.29) is 0 Å². The van der Waals surface area contributed by atoms with E-state index >= 15 is 0 Å². The van der Waals surface area contributed by atoms with Crippen LogP contribution in [0.4, 0.5) is 0 Å². The van der Waals surface area contributed by atoms with E-state index in [1.807, 2.05) is 42.2 Å². The molecule has 2 rings (SSSR count). The topological polar surface area (TPSA) is 27.1 Å². The first kappa shape index (κ1) is 10.2. The van der Waals surface area contributed by atoms with Gasteiger partial charge >= 0.3 is 0 Å². The lowest BCUT2D eigenvalue weighted by Crippen LogP contribution is -1.89. The molecule has 2 aromatic rings. The summed E-state index contributed by atoms with van der Waals surface area (Å²) >= 11 is 3.37. The lowest BCUT2D eigenvalue weighted by atomic mass is 10.2. The van der Waals surface area contributed by atoms with Gasteiger partial charge in [-0.2, -0.15) is 0 Å². The minimum Gasteiger partial charge on any atom is -0.494 e. The third-order valence-electron chi connectivity index (χ3n) is 2.16. The molecule has 0 N–H and O–H groups in total. The third kappa shape index (κ3) is 2.04. The first-order chi connectivity index (χ1) is 7.20. The number of methoxy groups -OCH3 is 1. The zero-order chi connectivity index (χ0) is 10.8. The number of halogens is 1. The summed E-state index contributed by atoms with van der Waals surface area (Å²) < 4.78 is 7.85. The highest BCUT2D eigenvalue weighted by Crippen LogP contribution is 2.26. The molecule has 0 saturated heterocycles. The predicted molar refractivity (Wildman–Crippen MR) is 62.9 cm³/mol. The Kier molecular flexibility index (Phi) is 2.77. The SMILES string of the molecule is COc1ccc(-c2ccn(C)c2)nc1Br. The molecule has 15 heavy (non-hydrogen) atoms. The number of aryl methyl sites for hydroxylation is 1. The maximum absolute atomic E-state index is 5.13. The molecule has 0 fully saturated rings. The lowest BCUT2D eigenvalue weighted by Gasteiger charge is -2.03. The van der Waals surface area contributed by atoms with Gasteiger partial charge < -0.3 is 9.30 Å². The molecular weight excluding hydrogens is 256 g/mol. The summed E-state index contributed by atoms with van der Waals surface area (Å²) in [6, 6.07) is 5.87. The highest BCUT2D eigenvalue weighted by molar-refractivity contribution is 9.10. The first-order valence-corrected chi connectivity index (χ1v) is 5.33. The second-order valence-corrected chi connectivity index (χ2v) is 4.01. The molecule has 0 bridgehead atoms. The van der Waals surface area contributed by atoms with E-state index in [1.54, 1.807) is 7.11 Å². The zero-order valence-electron chi connectivity index (χ0n) is 8.57. The summed E-state index contributed by atoms with van der Waals surface area (Å²) in [5.41, 5.74) is 2.03. The van der Waals surface area contributed by atoms with Gasteiger partial charge in [-0.05, 0) is 34.1 Å². The van der Waals surface area contributed by atoms with E-state index < -0.39 is 0 Å². The molecule has 0 aliphatic heterocycles. The van der Waals surface area contributed by atoms with Crippen molar-refractivity contribution in [2.75, 3.05) is 7.11 Å². The van der Waals surface area contributed by atoms with Crippen LogP contribution in [-0.4, -0.2) is 16.7 Å².